The van der Waals surface area contributed by atoms with Gasteiger partial charge in [-0.25, -0.2) is 0 Å². The minimum Gasteiger partial charge on any atom is -0.432 e. The third kappa shape index (κ3) is 8.71. The van der Waals surface area contributed by atoms with Crippen LogP contribution < -0.4 is 0 Å². The SMILES string of the molecule is C[C@H]1O[C@@H](O[C@@H]2CO[C@@H](O[C@@H]3[C@@H](O)[C@H](OC(=O)[C@]45CCC(C)(C)C[C@H]4C4=CCC6[C@@]7(C)CC[C@H](O)[C@@](C)(C=O)C7CC[C@@]6(C)[C@]4(C)CC5)OC[C@H]3O)[C@H](O)[C@H]2O)[C@H](O[C@@H]2OC[C@@H](O)[C@H](O)[C@H]2O)[C@H](O)[C@@H]1O. The highest BCUT2D eigenvalue weighted by Crippen LogP contribution is 2.76. The Hall–Kier alpha value is -1.80. The molecule has 2 unspecified atom stereocenters. The molecular formula is C51H80O20. The lowest BCUT2D eigenvalue weighted by Gasteiger charge is -2.71. The van der Waals surface area contributed by atoms with Crippen LogP contribution in [0.15, 0.2) is 11.6 Å². The topological polar surface area (TPSA) is 310 Å². The summed E-state index contributed by atoms with van der Waals surface area (Å²) in [7, 11) is 0. The number of allylic oxidation sites excluding steroid dienone is 2. The van der Waals surface area contributed by atoms with Crippen LogP contribution in [0.25, 0.3) is 0 Å². The molecule has 20 heteroatoms. The van der Waals surface area contributed by atoms with Gasteiger partial charge in [-0.1, -0.05) is 53.2 Å². The number of fused-ring (bicyclic) bond motifs is 7. The van der Waals surface area contributed by atoms with Crippen molar-refractivity contribution in [1.82, 2.24) is 0 Å². The number of esters is 1. The lowest BCUT2D eigenvalue weighted by atomic mass is 9.33. The minimum absolute atomic E-state index is 0.0536. The number of hydrogen-bond donors (Lipinski definition) is 10. The molecule has 4 saturated heterocycles. The largest absolute Gasteiger partial charge is 0.432 e. The molecule has 9 rings (SSSR count). The Bertz CT molecular complexity index is 1990. The summed E-state index contributed by atoms with van der Waals surface area (Å²) in [5.74, 6) is -0.352. The second-order valence-corrected chi connectivity index (χ2v) is 24.6. The fourth-order valence-corrected chi connectivity index (χ4v) is 15.4. The van der Waals surface area contributed by atoms with Crippen molar-refractivity contribution in [3.8, 4) is 0 Å². The van der Waals surface area contributed by atoms with Crippen molar-refractivity contribution in [2.75, 3.05) is 19.8 Å². The lowest BCUT2D eigenvalue weighted by molar-refractivity contribution is -0.377. The molecule has 8 fully saturated rings. The van der Waals surface area contributed by atoms with E-state index in [0.29, 0.717) is 19.3 Å². The van der Waals surface area contributed by atoms with E-state index in [2.05, 4.69) is 40.7 Å². The van der Waals surface area contributed by atoms with Crippen molar-refractivity contribution in [2.24, 2.45) is 50.2 Å². The highest BCUT2D eigenvalue weighted by Gasteiger charge is 2.70. The van der Waals surface area contributed by atoms with Crippen LogP contribution in [0.2, 0.25) is 0 Å². The summed E-state index contributed by atoms with van der Waals surface area (Å²) < 4.78 is 46.5. The molecule has 0 radical (unpaired) electrons. The van der Waals surface area contributed by atoms with Crippen LogP contribution in [0.4, 0.5) is 0 Å². The van der Waals surface area contributed by atoms with Crippen molar-refractivity contribution in [3.05, 3.63) is 11.6 Å². The van der Waals surface area contributed by atoms with Crippen molar-refractivity contribution >= 4 is 12.3 Å². The molecule has 10 N–H and O–H groups in total. The van der Waals surface area contributed by atoms with Gasteiger partial charge >= 0.3 is 5.97 Å². The zero-order valence-corrected chi connectivity index (χ0v) is 42.0. The molecule has 5 aliphatic carbocycles. The third-order valence-corrected chi connectivity index (χ3v) is 20.2. The number of aliphatic hydroxyl groups excluding tert-OH is 10. The van der Waals surface area contributed by atoms with Gasteiger partial charge in [0.2, 0.25) is 6.29 Å². The highest BCUT2D eigenvalue weighted by molar-refractivity contribution is 5.79. The van der Waals surface area contributed by atoms with Crippen molar-refractivity contribution in [3.63, 3.8) is 0 Å². The molecule has 0 spiro atoms. The summed E-state index contributed by atoms with van der Waals surface area (Å²) in [6, 6.07) is 0. The summed E-state index contributed by atoms with van der Waals surface area (Å²) in [4.78, 5) is 27.7. The maximum absolute atomic E-state index is 15.0. The van der Waals surface area contributed by atoms with Gasteiger partial charge in [0, 0.05) is 0 Å². The molecule has 0 aromatic heterocycles. The van der Waals surface area contributed by atoms with Crippen LogP contribution >= 0.6 is 0 Å². The van der Waals surface area contributed by atoms with Gasteiger partial charge < -0.3 is 93.8 Å². The molecule has 26 atom stereocenters. The molecule has 9 aliphatic rings. The van der Waals surface area contributed by atoms with Crippen molar-refractivity contribution in [2.45, 2.75) is 223 Å². The summed E-state index contributed by atoms with van der Waals surface area (Å²) in [5, 5.41) is 109. The number of aliphatic hydroxyl groups is 10. The molecule has 0 amide bonds. The van der Waals surface area contributed by atoms with Gasteiger partial charge in [0.05, 0.1) is 42.9 Å². The smallest absolute Gasteiger partial charge is 0.315 e. The summed E-state index contributed by atoms with van der Waals surface area (Å²) in [6.45, 7) is 13.7. The van der Waals surface area contributed by atoms with Gasteiger partial charge in [-0.3, -0.25) is 4.79 Å². The number of aldehydes is 1. The molecule has 404 valence electrons. The molecule has 71 heavy (non-hydrogen) atoms. The first-order valence-corrected chi connectivity index (χ1v) is 25.9. The number of rotatable bonds is 9. The third-order valence-electron chi connectivity index (χ3n) is 20.2. The van der Waals surface area contributed by atoms with Crippen LogP contribution in [-0.2, 0) is 47.5 Å². The standard InChI is InChI=1S/C51H80O20/c1-23-32(56)35(59)40(70-41-36(60)33(57)26(53)19-64-41)44(67-23)68-28-21-66-42(37(61)34(28)58)69-39-27(54)20-65-43(38(39)62)71-45(63)51-16-14-46(2,3)18-25(51)24-8-9-30-47(4)12-11-31(55)48(5,22-52)29(47)10-13-50(30,7)49(24,6)15-17-51/h8,22-23,25-44,53-62H,9-21H2,1-7H3/t23-,25+,26-,27-,28-,29?,30?,31+,32-,33+,34+,35-,36-,37-,38-,39+,40-,41+,42+,43+,44+,47+,48+,49-,50-,51+/m1/s1. The Morgan fingerprint density at radius 1 is 0.634 bits per heavy atom. The highest BCUT2D eigenvalue weighted by atomic mass is 16.8. The number of ether oxygens (including phenoxy) is 8. The first-order valence-electron chi connectivity index (χ1n) is 25.9. The van der Waals surface area contributed by atoms with E-state index < -0.39 is 147 Å². The quantitative estimate of drug-likeness (QED) is 0.0831. The van der Waals surface area contributed by atoms with E-state index >= 15 is 4.79 Å². The van der Waals surface area contributed by atoms with Crippen molar-refractivity contribution < 1.29 is 98.5 Å². The number of carbonyl (C=O) groups excluding carboxylic acids is 2. The van der Waals surface area contributed by atoms with E-state index in [1.807, 2.05) is 6.92 Å². The molecule has 0 aromatic rings. The average Bonchev–Trinajstić information content (AvgIpc) is 3.32. The van der Waals surface area contributed by atoms with Gasteiger partial charge in [0.15, 0.2) is 18.9 Å². The van der Waals surface area contributed by atoms with E-state index in [0.717, 1.165) is 51.2 Å². The summed E-state index contributed by atoms with van der Waals surface area (Å²) in [6.07, 6.45) is -16.8. The maximum atomic E-state index is 15.0. The van der Waals surface area contributed by atoms with Crippen LogP contribution in [0, 0.1) is 50.2 Å². The molecule has 0 aromatic carbocycles. The Balaban J connectivity index is 0.877. The van der Waals surface area contributed by atoms with Crippen molar-refractivity contribution in [1.29, 1.82) is 0 Å². The maximum Gasteiger partial charge on any atom is 0.315 e. The second-order valence-electron chi connectivity index (χ2n) is 24.6. The summed E-state index contributed by atoms with van der Waals surface area (Å²) >= 11 is 0. The number of carbonyl (C=O) groups is 2. The minimum atomic E-state index is -1.86. The average molecular weight is 1010 g/mol. The van der Waals surface area contributed by atoms with Gasteiger partial charge in [-0.15, -0.1) is 0 Å². The number of hydrogen-bond acceptors (Lipinski definition) is 20. The molecule has 4 saturated carbocycles. The molecule has 4 heterocycles. The Kier molecular flexibility index (Phi) is 14.7. The Morgan fingerprint density at radius 3 is 1.97 bits per heavy atom. The zero-order valence-electron chi connectivity index (χ0n) is 42.0. The van der Waals surface area contributed by atoms with Gasteiger partial charge in [0.25, 0.3) is 0 Å². The lowest BCUT2D eigenvalue weighted by Crippen LogP contribution is -2.66. The van der Waals surface area contributed by atoms with E-state index in [4.69, 9.17) is 37.9 Å². The fourth-order valence-electron chi connectivity index (χ4n) is 15.4. The Labute approximate surface area is 414 Å². The molecule has 0 bridgehead atoms. The summed E-state index contributed by atoms with van der Waals surface area (Å²) in [5.41, 5.74) is -1.12. The van der Waals surface area contributed by atoms with Gasteiger partial charge in [-0.2, -0.15) is 0 Å². The first kappa shape index (κ1) is 54.0. The van der Waals surface area contributed by atoms with Crippen LogP contribution in [0.5, 0.6) is 0 Å². The van der Waals surface area contributed by atoms with Crippen LogP contribution in [0.1, 0.15) is 113 Å². The molecular weight excluding hydrogens is 933 g/mol. The van der Waals surface area contributed by atoms with Gasteiger partial charge in [0.1, 0.15) is 79.5 Å². The Morgan fingerprint density at radius 2 is 1.27 bits per heavy atom. The molecule has 4 aliphatic heterocycles. The van der Waals surface area contributed by atoms with E-state index in [1.54, 1.807) is 0 Å². The zero-order chi connectivity index (χ0) is 51.5. The molecule has 20 nitrogen and oxygen atoms in total. The van der Waals surface area contributed by atoms with Crippen LogP contribution in [0.3, 0.4) is 0 Å². The predicted octanol–water partition coefficient (Wildman–Crippen LogP) is 0.0886. The monoisotopic (exact) mass is 1010 g/mol. The van der Waals surface area contributed by atoms with E-state index in [-0.39, 0.29) is 39.4 Å². The van der Waals surface area contributed by atoms with Crippen LogP contribution in [-0.4, -0.2) is 194 Å². The van der Waals surface area contributed by atoms with Gasteiger partial charge in [-0.05, 0) is 111 Å². The van der Waals surface area contributed by atoms with E-state index in [9.17, 15) is 55.9 Å². The first-order chi connectivity index (χ1) is 33.3. The normalized spacial score (nSPS) is 55.1. The fraction of sp³-hybridized carbons (Fsp3) is 0.922. The van der Waals surface area contributed by atoms with E-state index in [1.165, 1.54) is 12.5 Å². The second kappa shape index (κ2) is 19.3. The predicted molar refractivity (Wildman–Crippen MR) is 244 cm³/mol.